The highest BCUT2D eigenvalue weighted by molar-refractivity contribution is 9.10. The van der Waals surface area contributed by atoms with Crippen molar-refractivity contribution >= 4 is 15.9 Å². The minimum absolute atomic E-state index is 0.0429. The molecule has 0 saturated carbocycles. The fraction of sp³-hybridized carbons (Fsp3) is 0.200. The molecule has 5 heteroatoms. The van der Waals surface area contributed by atoms with Crippen molar-refractivity contribution in [3.8, 4) is 0 Å². The van der Waals surface area contributed by atoms with Crippen LogP contribution >= 0.6 is 15.9 Å². The van der Waals surface area contributed by atoms with Gasteiger partial charge < -0.3 is 9.09 Å². The molecule has 0 aromatic carbocycles. The van der Waals surface area contributed by atoms with Crippen LogP contribution in [0.4, 0.5) is 0 Å². The molecule has 4 nitrogen and oxygen atoms in total. The number of halogens is 1. The monoisotopic (exact) mass is 268 g/mol. The average molecular weight is 269 g/mol. The van der Waals surface area contributed by atoms with Crippen LogP contribution in [0.5, 0.6) is 0 Å². The molecule has 0 aliphatic heterocycles. The summed E-state index contributed by atoms with van der Waals surface area (Å²) in [5.41, 5.74) is 1.61. The van der Waals surface area contributed by atoms with E-state index >= 15 is 0 Å². The largest absolute Gasteiger partial charge is 0.364 e. The van der Waals surface area contributed by atoms with E-state index in [1.54, 1.807) is 22.9 Å². The third-order valence-electron chi connectivity index (χ3n) is 2.09. The van der Waals surface area contributed by atoms with Crippen molar-refractivity contribution in [2.45, 2.75) is 13.5 Å². The molecular formula is C10H9BrN2O2. The molecular weight excluding hydrogens is 260 g/mol. The van der Waals surface area contributed by atoms with Gasteiger partial charge in [0.2, 0.25) is 0 Å². The second-order valence-electron chi connectivity index (χ2n) is 3.26. The maximum Gasteiger partial charge on any atom is 0.251 e. The maximum absolute atomic E-state index is 11.6. The topological polar surface area (TPSA) is 48.0 Å². The van der Waals surface area contributed by atoms with Gasteiger partial charge in [0, 0.05) is 22.8 Å². The van der Waals surface area contributed by atoms with Crippen LogP contribution in [-0.4, -0.2) is 9.72 Å². The molecule has 78 valence electrons. The van der Waals surface area contributed by atoms with Gasteiger partial charge in [-0.05, 0) is 28.4 Å². The number of rotatable bonds is 2. The van der Waals surface area contributed by atoms with Gasteiger partial charge >= 0.3 is 0 Å². The summed E-state index contributed by atoms with van der Waals surface area (Å²) in [4.78, 5) is 11.6. The number of aryl methyl sites for hydroxylation is 1. The number of hydrogen-bond donors (Lipinski definition) is 0. The lowest BCUT2D eigenvalue weighted by atomic mass is 10.3. The second kappa shape index (κ2) is 4.02. The third-order valence-corrected chi connectivity index (χ3v) is 2.92. The first-order valence-electron chi connectivity index (χ1n) is 4.42. The Morgan fingerprint density at radius 3 is 3.07 bits per heavy atom. The molecule has 0 atom stereocenters. The van der Waals surface area contributed by atoms with Crippen LogP contribution in [-0.2, 0) is 6.54 Å². The predicted molar refractivity (Wildman–Crippen MR) is 58.7 cm³/mol. The summed E-state index contributed by atoms with van der Waals surface area (Å²) in [6, 6.07) is 3.32. The van der Waals surface area contributed by atoms with Gasteiger partial charge in [-0.25, -0.2) is 0 Å². The standard InChI is InChI=1S/C10H9BrN2O2/c1-7-4-10(14)13(6-9(7)11)5-8-2-3-15-12-8/h2-4,6H,5H2,1H3. The Hall–Kier alpha value is -1.36. The lowest BCUT2D eigenvalue weighted by Gasteiger charge is -2.04. The Kier molecular flexibility index (Phi) is 2.73. The summed E-state index contributed by atoms with van der Waals surface area (Å²) in [5.74, 6) is 0. The number of hydrogen-bond acceptors (Lipinski definition) is 3. The van der Waals surface area contributed by atoms with E-state index < -0.39 is 0 Å². The van der Waals surface area contributed by atoms with Crippen molar-refractivity contribution < 1.29 is 4.52 Å². The summed E-state index contributed by atoms with van der Waals surface area (Å²) < 4.78 is 7.19. The normalized spacial score (nSPS) is 10.5. The molecule has 0 saturated heterocycles. The fourth-order valence-electron chi connectivity index (χ4n) is 1.26. The van der Waals surface area contributed by atoms with Crippen molar-refractivity contribution in [1.82, 2.24) is 9.72 Å². The second-order valence-corrected chi connectivity index (χ2v) is 4.12. The van der Waals surface area contributed by atoms with Gasteiger partial charge in [-0.2, -0.15) is 0 Å². The van der Waals surface area contributed by atoms with Crippen LogP contribution in [0.15, 0.2) is 38.4 Å². The Balaban J connectivity index is 2.37. The third kappa shape index (κ3) is 2.18. The summed E-state index contributed by atoms with van der Waals surface area (Å²) in [5, 5.41) is 3.75. The molecule has 0 N–H and O–H groups in total. The molecule has 0 fully saturated rings. The average Bonchev–Trinajstić information content (AvgIpc) is 2.67. The van der Waals surface area contributed by atoms with Gasteiger partial charge in [0.1, 0.15) is 12.0 Å². The van der Waals surface area contributed by atoms with E-state index in [2.05, 4.69) is 21.1 Å². The lowest BCUT2D eigenvalue weighted by molar-refractivity contribution is 0.409. The molecule has 0 aliphatic carbocycles. The van der Waals surface area contributed by atoms with E-state index in [-0.39, 0.29) is 5.56 Å². The molecule has 0 unspecified atom stereocenters. The fourth-order valence-corrected chi connectivity index (χ4v) is 1.62. The smallest absolute Gasteiger partial charge is 0.251 e. The van der Waals surface area contributed by atoms with Crippen molar-refractivity contribution in [1.29, 1.82) is 0 Å². The van der Waals surface area contributed by atoms with E-state index in [1.807, 2.05) is 6.92 Å². The molecule has 15 heavy (non-hydrogen) atoms. The number of pyridine rings is 1. The molecule has 0 radical (unpaired) electrons. The van der Waals surface area contributed by atoms with Crippen molar-refractivity contribution in [3.05, 3.63) is 50.7 Å². The molecule has 0 aliphatic rings. The van der Waals surface area contributed by atoms with Gasteiger partial charge in [0.05, 0.1) is 6.54 Å². The zero-order valence-electron chi connectivity index (χ0n) is 8.11. The zero-order chi connectivity index (χ0) is 10.8. The van der Waals surface area contributed by atoms with Gasteiger partial charge in [0.25, 0.3) is 5.56 Å². The highest BCUT2D eigenvalue weighted by atomic mass is 79.9. The number of aromatic nitrogens is 2. The first-order valence-corrected chi connectivity index (χ1v) is 5.22. The minimum atomic E-state index is -0.0429. The van der Waals surface area contributed by atoms with E-state index in [1.165, 1.54) is 6.26 Å². The van der Waals surface area contributed by atoms with Crippen LogP contribution in [0.1, 0.15) is 11.3 Å². The molecule has 2 aromatic rings. The highest BCUT2D eigenvalue weighted by Crippen LogP contribution is 2.12. The molecule has 2 aromatic heterocycles. The molecule has 2 rings (SSSR count). The van der Waals surface area contributed by atoms with E-state index in [0.29, 0.717) is 6.54 Å². The van der Waals surface area contributed by atoms with Crippen molar-refractivity contribution in [2.75, 3.05) is 0 Å². The van der Waals surface area contributed by atoms with Crippen LogP contribution in [0.3, 0.4) is 0 Å². The van der Waals surface area contributed by atoms with Crippen molar-refractivity contribution in [3.63, 3.8) is 0 Å². The summed E-state index contributed by atoms with van der Waals surface area (Å²) in [6.45, 7) is 2.31. The first-order chi connectivity index (χ1) is 7.16. The Morgan fingerprint density at radius 1 is 1.60 bits per heavy atom. The molecule has 2 heterocycles. The quantitative estimate of drug-likeness (QED) is 0.837. The zero-order valence-corrected chi connectivity index (χ0v) is 9.69. The van der Waals surface area contributed by atoms with Gasteiger partial charge in [-0.3, -0.25) is 4.79 Å². The van der Waals surface area contributed by atoms with E-state index in [9.17, 15) is 4.79 Å². The molecule has 0 spiro atoms. The van der Waals surface area contributed by atoms with Gasteiger partial charge in [-0.15, -0.1) is 0 Å². The number of nitrogens with zero attached hydrogens (tertiary/aromatic N) is 2. The van der Waals surface area contributed by atoms with Crippen LogP contribution in [0.2, 0.25) is 0 Å². The van der Waals surface area contributed by atoms with Crippen LogP contribution in [0.25, 0.3) is 0 Å². The summed E-state index contributed by atoms with van der Waals surface area (Å²) >= 11 is 3.38. The molecule has 0 bridgehead atoms. The van der Waals surface area contributed by atoms with Gasteiger partial charge in [0.15, 0.2) is 0 Å². The highest BCUT2D eigenvalue weighted by Gasteiger charge is 2.03. The molecule has 0 amide bonds. The van der Waals surface area contributed by atoms with E-state index in [0.717, 1.165) is 15.7 Å². The predicted octanol–water partition coefficient (Wildman–Crippen LogP) is 1.96. The van der Waals surface area contributed by atoms with E-state index in [4.69, 9.17) is 4.52 Å². The summed E-state index contributed by atoms with van der Waals surface area (Å²) in [6.07, 6.45) is 3.25. The Labute approximate surface area is 94.6 Å². The van der Waals surface area contributed by atoms with Gasteiger partial charge in [-0.1, -0.05) is 5.16 Å². The van der Waals surface area contributed by atoms with Crippen molar-refractivity contribution in [2.24, 2.45) is 0 Å². The summed E-state index contributed by atoms with van der Waals surface area (Å²) in [7, 11) is 0. The van der Waals surface area contributed by atoms with Crippen LogP contribution < -0.4 is 5.56 Å². The van der Waals surface area contributed by atoms with Crippen LogP contribution in [0, 0.1) is 6.92 Å². The lowest BCUT2D eigenvalue weighted by Crippen LogP contribution is -2.19. The maximum atomic E-state index is 11.6. The Morgan fingerprint density at radius 2 is 2.40 bits per heavy atom. The SMILES string of the molecule is Cc1cc(=O)n(Cc2ccon2)cc1Br. The minimum Gasteiger partial charge on any atom is -0.364 e. The Bertz CT molecular complexity index is 517. The first kappa shape index (κ1) is 10.2.